The minimum absolute atomic E-state index is 0.0587. The topological polar surface area (TPSA) is 70.9 Å². The summed E-state index contributed by atoms with van der Waals surface area (Å²) in [6.45, 7) is 0.241. The van der Waals surface area contributed by atoms with Gasteiger partial charge in [0, 0.05) is 17.5 Å². The zero-order valence-corrected chi connectivity index (χ0v) is 12.2. The van der Waals surface area contributed by atoms with E-state index in [0.29, 0.717) is 17.9 Å². The average molecular weight is 309 g/mol. The summed E-state index contributed by atoms with van der Waals surface area (Å²) in [5, 5.41) is 14.9. The lowest BCUT2D eigenvalue weighted by atomic mass is 9.95. The van der Waals surface area contributed by atoms with Crippen molar-refractivity contribution in [2.75, 3.05) is 0 Å². The molecule has 2 rings (SSSR count). The highest BCUT2D eigenvalue weighted by molar-refractivity contribution is 6.31. The van der Waals surface area contributed by atoms with Crippen molar-refractivity contribution in [3.63, 3.8) is 0 Å². The van der Waals surface area contributed by atoms with Crippen LogP contribution in [-0.2, 0) is 11.3 Å². The Morgan fingerprint density at radius 2 is 2.24 bits per heavy atom. The zero-order chi connectivity index (χ0) is 15.1. The van der Waals surface area contributed by atoms with Gasteiger partial charge in [0.25, 0.3) is 0 Å². The number of oxime groups is 1. The maximum absolute atomic E-state index is 11.7. The predicted molar refractivity (Wildman–Crippen MR) is 80.6 cm³/mol. The largest absolute Gasteiger partial charge is 0.445 e. The SMILES string of the molecule is O=C(NC1CCC(/C=N/O)=C(Cl)C1)OCc1ccccc1. The molecular weight excluding hydrogens is 292 g/mol. The minimum atomic E-state index is -0.451. The number of allylic oxidation sites excluding steroid dienone is 1. The van der Waals surface area contributed by atoms with E-state index in [-0.39, 0.29) is 12.6 Å². The molecule has 1 aromatic rings. The molecule has 0 heterocycles. The van der Waals surface area contributed by atoms with Crippen LogP contribution in [0, 0.1) is 0 Å². The average Bonchev–Trinajstić information content (AvgIpc) is 2.49. The third kappa shape index (κ3) is 4.79. The van der Waals surface area contributed by atoms with Crippen LogP contribution < -0.4 is 5.32 Å². The normalized spacial score (nSPS) is 18.8. The van der Waals surface area contributed by atoms with E-state index in [9.17, 15) is 4.79 Å². The van der Waals surface area contributed by atoms with Crippen LogP contribution in [0.4, 0.5) is 4.79 Å². The molecule has 1 unspecified atom stereocenters. The summed E-state index contributed by atoms with van der Waals surface area (Å²) in [5.74, 6) is 0. The van der Waals surface area contributed by atoms with Gasteiger partial charge in [0.1, 0.15) is 6.61 Å². The summed E-state index contributed by atoms with van der Waals surface area (Å²) in [6, 6.07) is 9.44. The maximum atomic E-state index is 11.7. The van der Waals surface area contributed by atoms with Crippen LogP contribution in [0.3, 0.4) is 0 Å². The highest BCUT2D eigenvalue weighted by Crippen LogP contribution is 2.26. The van der Waals surface area contributed by atoms with E-state index in [2.05, 4.69) is 10.5 Å². The van der Waals surface area contributed by atoms with Crippen LogP contribution in [0.1, 0.15) is 24.8 Å². The molecule has 1 aliphatic carbocycles. The molecule has 0 fully saturated rings. The van der Waals surface area contributed by atoms with Gasteiger partial charge in [0.05, 0.1) is 6.21 Å². The molecule has 0 spiro atoms. The number of alkyl carbamates (subject to hydrolysis) is 1. The molecule has 112 valence electrons. The Morgan fingerprint density at radius 1 is 1.48 bits per heavy atom. The third-order valence-corrected chi connectivity index (χ3v) is 3.68. The van der Waals surface area contributed by atoms with Gasteiger partial charge in [-0.1, -0.05) is 47.1 Å². The fraction of sp³-hybridized carbons (Fsp3) is 0.333. The summed E-state index contributed by atoms with van der Waals surface area (Å²) < 4.78 is 5.16. The standard InChI is InChI=1S/C15H17ClN2O3/c16-14-8-13(7-6-12(14)9-17-20)18-15(19)21-10-11-4-2-1-3-5-11/h1-5,9,13,20H,6-8,10H2,(H,18,19)/b17-9+. The first-order valence-corrected chi connectivity index (χ1v) is 7.09. The van der Waals surface area contributed by atoms with E-state index in [4.69, 9.17) is 21.5 Å². The summed E-state index contributed by atoms with van der Waals surface area (Å²) in [7, 11) is 0. The number of benzene rings is 1. The van der Waals surface area contributed by atoms with Crippen molar-refractivity contribution >= 4 is 23.9 Å². The molecule has 1 atom stereocenters. The van der Waals surface area contributed by atoms with Gasteiger partial charge in [0.2, 0.25) is 0 Å². The van der Waals surface area contributed by atoms with Crippen LogP contribution in [0.15, 0.2) is 46.1 Å². The maximum Gasteiger partial charge on any atom is 0.407 e. The lowest BCUT2D eigenvalue weighted by molar-refractivity contribution is 0.135. The van der Waals surface area contributed by atoms with Crippen molar-refractivity contribution in [2.45, 2.75) is 31.9 Å². The molecule has 1 aliphatic rings. The first-order valence-electron chi connectivity index (χ1n) is 6.71. The van der Waals surface area contributed by atoms with Gasteiger partial charge in [-0.3, -0.25) is 0 Å². The summed E-state index contributed by atoms with van der Waals surface area (Å²) in [4.78, 5) is 11.7. The van der Waals surface area contributed by atoms with E-state index >= 15 is 0 Å². The quantitative estimate of drug-likeness (QED) is 0.508. The molecule has 1 aromatic carbocycles. The number of amides is 1. The fourth-order valence-corrected chi connectivity index (χ4v) is 2.50. The van der Waals surface area contributed by atoms with E-state index in [1.54, 1.807) is 0 Å². The van der Waals surface area contributed by atoms with Gasteiger partial charge in [-0.2, -0.15) is 0 Å². The van der Waals surface area contributed by atoms with Gasteiger partial charge < -0.3 is 15.3 Å². The van der Waals surface area contributed by atoms with Crippen LogP contribution in [0.2, 0.25) is 0 Å². The number of hydrogen-bond acceptors (Lipinski definition) is 4. The lowest BCUT2D eigenvalue weighted by Crippen LogP contribution is -2.36. The third-order valence-electron chi connectivity index (χ3n) is 3.28. The monoisotopic (exact) mass is 308 g/mol. The number of ether oxygens (including phenoxy) is 1. The number of halogens is 1. The highest BCUT2D eigenvalue weighted by Gasteiger charge is 2.21. The second-order valence-corrected chi connectivity index (χ2v) is 5.28. The van der Waals surface area contributed by atoms with Crippen molar-refractivity contribution in [3.05, 3.63) is 46.5 Å². The molecular formula is C15H17ClN2O3. The minimum Gasteiger partial charge on any atom is -0.445 e. The zero-order valence-electron chi connectivity index (χ0n) is 11.5. The fourth-order valence-electron chi connectivity index (χ4n) is 2.17. The van der Waals surface area contributed by atoms with Crippen molar-refractivity contribution in [1.29, 1.82) is 0 Å². The van der Waals surface area contributed by atoms with Crippen LogP contribution >= 0.6 is 11.6 Å². The van der Waals surface area contributed by atoms with Crippen LogP contribution in [0.25, 0.3) is 0 Å². The summed E-state index contributed by atoms with van der Waals surface area (Å²) in [5.41, 5.74) is 1.74. The highest BCUT2D eigenvalue weighted by atomic mass is 35.5. The van der Waals surface area contributed by atoms with Crippen molar-refractivity contribution in [2.24, 2.45) is 5.16 Å². The molecule has 0 bridgehead atoms. The predicted octanol–water partition coefficient (Wildman–Crippen LogP) is 3.42. The number of rotatable bonds is 4. The first kappa shape index (κ1) is 15.4. The molecule has 6 heteroatoms. The Bertz CT molecular complexity index is 543. The lowest BCUT2D eigenvalue weighted by Gasteiger charge is -2.23. The molecule has 2 N–H and O–H groups in total. The molecule has 0 radical (unpaired) electrons. The number of nitrogens with zero attached hydrogens (tertiary/aromatic N) is 1. The van der Waals surface area contributed by atoms with Crippen molar-refractivity contribution in [1.82, 2.24) is 5.32 Å². The van der Waals surface area contributed by atoms with E-state index in [1.165, 1.54) is 6.21 Å². The van der Waals surface area contributed by atoms with E-state index in [1.807, 2.05) is 30.3 Å². The molecule has 0 aliphatic heterocycles. The second-order valence-electron chi connectivity index (χ2n) is 4.82. The Balaban J connectivity index is 1.79. The number of hydrogen-bond donors (Lipinski definition) is 2. The number of carbonyl (C=O) groups is 1. The number of carbonyl (C=O) groups excluding carboxylic acids is 1. The Morgan fingerprint density at radius 3 is 2.90 bits per heavy atom. The van der Waals surface area contributed by atoms with Gasteiger partial charge >= 0.3 is 6.09 Å². The van der Waals surface area contributed by atoms with E-state index in [0.717, 1.165) is 17.6 Å². The molecule has 5 nitrogen and oxygen atoms in total. The van der Waals surface area contributed by atoms with Gasteiger partial charge in [-0.05, 0) is 24.0 Å². The van der Waals surface area contributed by atoms with E-state index < -0.39 is 6.09 Å². The Hall–Kier alpha value is -2.01. The van der Waals surface area contributed by atoms with Gasteiger partial charge in [-0.25, -0.2) is 4.79 Å². The van der Waals surface area contributed by atoms with Crippen LogP contribution in [0.5, 0.6) is 0 Å². The van der Waals surface area contributed by atoms with Crippen molar-refractivity contribution in [3.8, 4) is 0 Å². The molecule has 21 heavy (non-hydrogen) atoms. The molecule has 0 saturated carbocycles. The molecule has 0 aromatic heterocycles. The Labute approximate surface area is 128 Å². The number of nitrogens with one attached hydrogen (secondary N) is 1. The van der Waals surface area contributed by atoms with Gasteiger partial charge in [0.15, 0.2) is 0 Å². The Kier molecular flexibility index (Phi) is 5.63. The van der Waals surface area contributed by atoms with Crippen molar-refractivity contribution < 1.29 is 14.7 Å². The second kappa shape index (κ2) is 7.69. The van der Waals surface area contributed by atoms with Gasteiger partial charge in [-0.15, -0.1) is 0 Å². The molecule has 0 saturated heterocycles. The molecule has 1 amide bonds. The smallest absolute Gasteiger partial charge is 0.407 e. The van der Waals surface area contributed by atoms with Crippen LogP contribution in [-0.4, -0.2) is 23.6 Å². The first-order chi connectivity index (χ1) is 10.2. The summed E-state index contributed by atoms with van der Waals surface area (Å²) in [6.07, 6.45) is 2.80. The summed E-state index contributed by atoms with van der Waals surface area (Å²) >= 11 is 6.10.